The van der Waals surface area contributed by atoms with Gasteiger partial charge in [0.15, 0.2) is 0 Å². The lowest BCUT2D eigenvalue weighted by atomic mass is 9.85. The van der Waals surface area contributed by atoms with E-state index in [4.69, 9.17) is 64.9 Å². The topological polar surface area (TPSA) is 173 Å². The second kappa shape index (κ2) is 31.4. The summed E-state index contributed by atoms with van der Waals surface area (Å²) in [5.41, 5.74) is 2.44. The molecule has 0 radical (unpaired) electrons. The molecule has 0 spiro atoms. The van der Waals surface area contributed by atoms with Crippen molar-refractivity contribution in [2.45, 2.75) is 118 Å². The molecule has 0 fully saturated rings. The predicted octanol–water partition coefficient (Wildman–Crippen LogP) is 5.38. The maximum Gasteiger partial charge on any atom is 0.451 e. The summed E-state index contributed by atoms with van der Waals surface area (Å²) < 4.78 is 0. The first kappa shape index (κ1) is 45.4. The molecular weight excluding hydrogens is 603 g/mol. The Hall–Kier alpha value is -1.02. The summed E-state index contributed by atoms with van der Waals surface area (Å²) in [7, 11) is -3.31. The van der Waals surface area contributed by atoms with Gasteiger partial charge in [0.2, 0.25) is 5.28 Å². The van der Waals surface area contributed by atoms with Crippen molar-refractivity contribution in [3.8, 4) is 0 Å². The van der Waals surface area contributed by atoms with Crippen molar-refractivity contribution >= 4 is 56.2 Å². The number of hydrogen-bond donors (Lipinski definition) is 6. The van der Waals surface area contributed by atoms with Gasteiger partial charge in [-0.1, -0.05) is 96.8 Å². The van der Waals surface area contributed by atoms with Crippen LogP contribution in [0, 0.1) is 0 Å². The van der Waals surface area contributed by atoms with Crippen LogP contribution >= 0.6 is 34.8 Å². The first-order valence-electron chi connectivity index (χ1n) is 14.6. The lowest BCUT2D eigenvalue weighted by Gasteiger charge is -2.06. The highest BCUT2D eigenvalue weighted by molar-refractivity contribution is 6.41. The monoisotopic (exact) mass is 652 g/mol. The van der Waals surface area contributed by atoms with E-state index in [0.717, 1.165) is 63.6 Å². The fourth-order valence-corrected chi connectivity index (χ4v) is 3.55. The quantitative estimate of drug-likeness (QED) is 0.0993. The van der Waals surface area contributed by atoms with Crippen LogP contribution in [0.3, 0.4) is 0 Å². The van der Waals surface area contributed by atoms with Crippen molar-refractivity contribution in [2.75, 3.05) is 0 Å². The molecule has 42 heavy (non-hydrogen) atoms. The second-order valence-corrected chi connectivity index (χ2v) is 10.2. The fraction of sp³-hybridized carbons (Fsp3) is 0.692. The molecule has 0 aliphatic heterocycles. The Morgan fingerprint density at radius 1 is 0.500 bits per heavy atom. The van der Waals surface area contributed by atoms with Crippen molar-refractivity contribution in [3.63, 3.8) is 0 Å². The summed E-state index contributed by atoms with van der Waals surface area (Å²) in [5.74, 6) is 1.03. The molecule has 240 valence electrons. The normalized spacial score (nSPS) is 9.50. The van der Waals surface area contributed by atoms with E-state index in [9.17, 15) is 0 Å². The van der Waals surface area contributed by atoms with E-state index in [-0.39, 0.29) is 15.6 Å². The van der Waals surface area contributed by atoms with Gasteiger partial charge in [0, 0.05) is 23.9 Å². The molecule has 0 saturated carbocycles. The van der Waals surface area contributed by atoms with Gasteiger partial charge in [-0.3, -0.25) is 0 Å². The summed E-state index contributed by atoms with van der Waals surface area (Å²) in [6.07, 6.45) is 10.6. The van der Waals surface area contributed by atoms with Crippen LogP contribution in [-0.2, 0) is 19.3 Å². The minimum atomic E-state index is -1.10. The molecule has 0 bridgehead atoms. The Morgan fingerprint density at radius 3 is 1.05 bits per heavy atom. The Kier molecular flexibility index (Phi) is 34.0. The van der Waals surface area contributed by atoms with Gasteiger partial charge in [-0.05, 0) is 55.9 Å². The van der Waals surface area contributed by atoms with E-state index < -0.39 is 21.4 Å². The van der Waals surface area contributed by atoms with Crippen molar-refractivity contribution in [2.24, 2.45) is 0 Å². The highest BCUT2D eigenvalue weighted by atomic mass is 35.5. The van der Waals surface area contributed by atoms with Gasteiger partial charge in [0.1, 0.15) is 16.1 Å². The largest absolute Gasteiger partial charge is 0.451 e. The molecule has 0 unspecified atom stereocenters. The lowest BCUT2D eigenvalue weighted by Crippen LogP contribution is -2.08. The number of aromatic nitrogens is 4. The SMILES string of the molecule is CCCB(O)O.CCCB(O)O.CCCB(O)O.CCCc1cc(CCC)nc(CCC)n1.Clc1cc(Cl)nc(Cl)n1. The summed E-state index contributed by atoms with van der Waals surface area (Å²) in [5, 5.41) is 49.2. The molecule has 0 amide bonds. The van der Waals surface area contributed by atoms with E-state index in [0.29, 0.717) is 19.0 Å². The van der Waals surface area contributed by atoms with Gasteiger partial charge >= 0.3 is 21.4 Å². The number of rotatable bonds is 12. The predicted molar refractivity (Wildman–Crippen MR) is 177 cm³/mol. The van der Waals surface area contributed by atoms with Gasteiger partial charge in [0.25, 0.3) is 0 Å². The van der Waals surface area contributed by atoms with E-state index >= 15 is 0 Å². The minimum Gasteiger partial charge on any atom is -0.427 e. The van der Waals surface area contributed by atoms with Gasteiger partial charge in [0.05, 0.1) is 0 Å². The number of nitrogens with zero attached hydrogens (tertiary/aromatic N) is 4. The maximum atomic E-state index is 8.11. The average Bonchev–Trinajstić information content (AvgIpc) is 2.85. The van der Waals surface area contributed by atoms with E-state index in [2.05, 4.69) is 46.8 Å². The van der Waals surface area contributed by atoms with Crippen LogP contribution in [0.1, 0.15) is 97.3 Å². The summed E-state index contributed by atoms with van der Waals surface area (Å²) in [6, 6.07) is 3.58. The van der Waals surface area contributed by atoms with Crippen LogP contribution in [0.25, 0.3) is 0 Å². The molecule has 0 aliphatic carbocycles. The van der Waals surface area contributed by atoms with Gasteiger partial charge < -0.3 is 30.1 Å². The van der Waals surface area contributed by atoms with Crippen LogP contribution in [0.15, 0.2) is 12.1 Å². The van der Waals surface area contributed by atoms with Crippen molar-refractivity contribution in [1.29, 1.82) is 0 Å². The van der Waals surface area contributed by atoms with Gasteiger partial charge in [-0.2, -0.15) is 0 Å². The van der Waals surface area contributed by atoms with Crippen molar-refractivity contribution in [1.82, 2.24) is 19.9 Å². The molecule has 6 N–H and O–H groups in total. The number of hydrogen-bond acceptors (Lipinski definition) is 10. The Balaban J connectivity index is -0.000000486. The first-order valence-corrected chi connectivity index (χ1v) is 15.7. The van der Waals surface area contributed by atoms with E-state index in [1.165, 1.54) is 17.5 Å². The Labute approximate surface area is 268 Å². The molecule has 2 aromatic heterocycles. The standard InChI is InChI=1S/C13H22N2.C4HCl3N2.3C3H9BO2/c1-4-7-11-10-12(8-5-2)15-13(14-11)9-6-3;5-2-1-3(6)9-4(7)8-2;3*1-2-3-4(5)6/h10H,4-9H2,1-3H3;1H;3*5-6H,2-3H2,1H3. The zero-order chi connectivity index (χ0) is 32.9. The smallest absolute Gasteiger partial charge is 0.427 e. The molecule has 10 nitrogen and oxygen atoms in total. The van der Waals surface area contributed by atoms with Crippen LogP contribution < -0.4 is 0 Å². The minimum absolute atomic E-state index is 0.0625. The summed E-state index contributed by atoms with van der Waals surface area (Å²) in [6.45, 7) is 12.3. The highest BCUT2D eigenvalue weighted by Gasteiger charge is 2.04. The van der Waals surface area contributed by atoms with Crippen LogP contribution in [0.5, 0.6) is 0 Å². The molecule has 0 aliphatic rings. The maximum absolute atomic E-state index is 8.11. The van der Waals surface area contributed by atoms with Gasteiger partial charge in [-0.25, -0.2) is 19.9 Å². The van der Waals surface area contributed by atoms with E-state index in [1.807, 2.05) is 20.8 Å². The van der Waals surface area contributed by atoms with E-state index in [1.54, 1.807) is 0 Å². The fourth-order valence-electron chi connectivity index (χ4n) is 2.86. The van der Waals surface area contributed by atoms with Crippen molar-refractivity contribution in [3.05, 3.63) is 44.9 Å². The molecular formula is C26H50B3Cl3N4O6. The molecule has 0 aromatic carbocycles. The van der Waals surface area contributed by atoms with Gasteiger partial charge in [-0.15, -0.1) is 0 Å². The average molecular weight is 654 g/mol. The molecule has 2 aromatic rings. The second-order valence-electron chi connectivity index (χ2n) is 9.11. The highest BCUT2D eigenvalue weighted by Crippen LogP contribution is 2.13. The number of aryl methyl sites for hydroxylation is 3. The number of halogens is 3. The third kappa shape index (κ3) is 33.5. The Bertz CT molecular complexity index is 761. The molecule has 2 rings (SSSR count). The zero-order valence-electron chi connectivity index (χ0n) is 26.0. The third-order valence-electron chi connectivity index (χ3n) is 4.64. The molecule has 16 heteroatoms. The zero-order valence-corrected chi connectivity index (χ0v) is 28.2. The Morgan fingerprint density at radius 2 is 0.833 bits per heavy atom. The first-order chi connectivity index (χ1) is 19.8. The lowest BCUT2D eigenvalue weighted by molar-refractivity contribution is 0.403. The van der Waals surface area contributed by atoms with Crippen molar-refractivity contribution < 1.29 is 30.1 Å². The third-order valence-corrected chi connectivity index (χ3v) is 5.20. The van der Waals surface area contributed by atoms with Crippen LogP contribution in [0.4, 0.5) is 0 Å². The summed E-state index contributed by atoms with van der Waals surface area (Å²) in [4.78, 5) is 16.3. The molecule has 0 atom stereocenters. The van der Waals surface area contributed by atoms with Crippen LogP contribution in [0.2, 0.25) is 34.6 Å². The molecule has 0 saturated heterocycles. The summed E-state index contributed by atoms with van der Waals surface area (Å²) >= 11 is 16.2. The van der Waals surface area contributed by atoms with Crippen LogP contribution in [-0.4, -0.2) is 71.4 Å². The molecule has 2 heterocycles.